The normalized spacial score (nSPS) is 15.2. The van der Waals surface area contributed by atoms with E-state index < -0.39 is 0 Å². The third-order valence-corrected chi connectivity index (χ3v) is 4.80. The fraction of sp³-hybridized carbons (Fsp3) is 0.300. The molecular formula is C20H20N2O4. The number of benzene rings is 2. The largest absolute Gasteiger partial charge is 0.454 e. The second-order valence-corrected chi connectivity index (χ2v) is 6.53. The zero-order valence-corrected chi connectivity index (χ0v) is 14.3. The van der Waals surface area contributed by atoms with Gasteiger partial charge in [-0.15, -0.1) is 0 Å². The van der Waals surface area contributed by atoms with Crippen LogP contribution < -0.4 is 20.1 Å². The Hall–Kier alpha value is -3.02. The van der Waals surface area contributed by atoms with Gasteiger partial charge >= 0.3 is 0 Å². The Bertz CT molecular complexity index is 845. The molecule has 6 heteroatoms. The maximum Gasteiger partial charge on any atom is 0.253 e. The summed E-state index contributed by atoms with van der Waals surface area (Å²) in [6, 6.07) is 12.6. The summed E-state index contributed by atoms with van der Waals surface area (Å²) >= 11 is 0. The van der Waals surface area contributed by atoms with Gasteiger partial charge in [-0.3, -0.25) is 9.59 Å². The van der Waals surface area contributed by atoms with Crippen molar-refractivity contribution in [3.63, 3.8) is 0 Å². The van der Waals surface area contributed by atoms with Crippen LogP contribution in [0.1, 0.15) is 35.2 Å². The first-order chi connectivity index (χ1) is 12.7. The van der Waals surface area contributed by atoms with Crippen LogP contribution >= 0.6 is 0 Å². The van der Waals surface area contributed by atoms with E-state index in [0.29, 0.717) is 29.3 Å². The average molecular weight is 352 g/mol. The fourth-order valence-corrected chi connectivity index (χ4v) is 3.02. The van der Waals surface area contributed by atoms with Crippen LogP contribution in [0.25, 0.3) is 0 Å². The summed E-state index contributed by atoms with van der Waals surface area (Å²) in [4.78, 5) is 24.8. The Morgan fingerprint density at radius 1 is 1.04 bits per heavy atom. The van der Waals surface area contributed by atoms with E-state index in [0.717, 1.165) is 24.8 Å². The standard InChI is InChI=1S/C20H20N2O4/c23-19(14-4-3-5-14)22-16-7-2-1-6-15(16)20(24)21-11-13-8-9-17-18(10-13)26-12-25-17/h1-2,6-10,14H,3-5,11-12H2,(H,21,24)(H,22,23). The first kappa shape index (κ1) is 16.4. The third kappa shape index (κ3) is 3.35. The molecule has 2 N–H and O–H groups in total. The first-order valence-electron chi connectivity index (χ1n) is 8.77. The Labute approximate surface area is 151 Å². The number of fused-ring (bicyclic) bond motifs is 1. The maximum absolute atomic E-state index is 12.6. The summed E-state index contributed by atoms with van der Waals surface area (Å²) in [6.07, 6.45) is 2.93. The first-order valence-corrected chi connectivity index (χ1v) is 8.77. The number of rotatable bonds is 5. The molecule has 2 aromatic rings. The number of carbonyl (C=O) groups is 2. The van der Waals surface area contributed by atoms with Crippen molar-refractivity contribution < 1.29 is 19.1 Å². The van der Waals surface area contributed by atoms with Crippen LogP contribution in [-0.2, 0) is 11.3 Å². The van der Waals surface area contributed by atoms with Crippen molar-refractivity contribution in [2.45, 2.75) is 25.8 Å². The molecule has 0 radical (unpaired) electrons. The van der Waals surface area contributed by atoms with Gasteiger partial charge < -0.3 is 20.1 Å². The van der Waals surface area contributed by atoms with E-state index in [9.17, 15) is 9.59 Å². The molecule has 0 bridgehead atoms. The lowest BCUT2D eigenvalue weighted by Crippen LogP contribution is -2.30. The summed E-state index contributed by atoms with van der Waals surface area (Å²) in [5.74, 6) is 1.23. The van der Waals surface area contributed by atoms with Crippen LogP contribution in [-0.4, -0.2) is 18.6 Å². The van der Waals surface area contributed by atoms with Crippen LogP contribution in [0, 0.1) is 5.92 Å². The highest BCUT2D eigenvalue weighted by molar-refractivity contribution is 6.04. The van der Waals surface area contributed by atoms with Gasteiger partial charge in [-0.1, -0.05) is 24.6 Å². The number of hydrogen-bond donors (Lipinski definition) is 2. The Kier molecular flexibility index (Phi) is 4.48. The molecule has 2 amide bonds. The van der Waals surface area contributed by atoms with Crippen molar-refractivity contribution in [2.24, 2.45) is 5.92 Å². The second-order valence-electron chi connectivity index (χ2n) is 6.53. The van der Waals surface area contributed by atoms with E-state index >= 15 is 0 Å². The van der Waals surface area contributed by atoms with Gasteiger partial charge in [0.15, 0.2) is 11.5 Å². The molecule has 0 spiro atoms. The van der Waals surface area contributed by atoms with Gasteiger partial charge in [0.1, 0.15) is 0 Å². The van der Waals surface area contributed by atoms with E-state index in [1.165, 1.54) is 0 Å². The summed E-state index contributed by atoms with van der Waals surface area (Å²) < 4.78 is 10.6. The van der Waals surface area contributed by atoms with Crippen molar-refractivity contribution in [3.05, 3.63) is 53.6 Å². The number of para-hydroxylation sites is 1. The summed E-state index contributed by atoms with van der Waals surface area (Å²) in [5.41, 5.74) is 1.92. The lowest BCUT2D eigenvalue weighted by atomic mass is 9.85. The highest BCUT2D eigenvalue weighted by Crippen LogP contribution is 2.32. The number of amides is 2. The van der Waals surface area contributed by atoms with Gasteiger partial charge in [-0.05, 0) is 42.7 Å². The Balaban J connectivity index is 1.42. The monoisotopic (exact) mass is 352 g/mol. The van der Waals surface area contributed by atoms with Gasteiger partial charge in [0.25, 0.3) is 5.91 Å². The molecule has 26 heavy (non-hydrogen) atoms. The van der Waals surface area contributed by atoms with Crippen molar-refractivity contribution >= 4 is 17.5 Å². The molecule has 0 unspecified atom stereocenters. The summed E-state index contributed by atoms with van der Waals surface area (Å²) in [5, 5.41) is 5.78. The second kappa shape index (κ2) is 7.07. The van der Waals surface area contributed by atoms with Crippen molar-refractivity contribution in [3.8, 4) is 11.5 Å². The molecule has 2 aliphatic rings. The highest BCUT2D eigenvalue weighted by atomic mass is 16.7. The van der Waals surface area contributed by atoms with E-state index in [2.05, 4.69) is 10.6 Å². The maximum atomic E-state index is 12.6. The number of ether oxygens (including phenoxy) is 2. The molecule has 1 heterocycles. The lowest BCUT2D eigenvalue weighted by molar-refractivity contribution is -0.122. The predicted octanol–water partition coefficient (Wildman–Crippen LogP) is 3.08. The van der Waals surface area contributed by atoms with Crippen LogP contribution in [0.2, 0.25) is 0 Å². The zero-order valence-electron chi connectivity index (χ0n) is 14.3. The zero-order chi connectivity index (χ0) is 17.9. The van der Waals surface area contributed by atoms with Crippen molar-refractivity contribution in [2.75, 3.05) is 12.1 Å². The quantitative estimate of drug-likeness (QED) is 0.867. The molecule has 4 rings (SSSR count). The molecule has 2 aromatic carbocycles. The molecule has 1 saturated carbocycles. The molecular weight excluding hydrogens is 332 g/mol. The van der Waals surface area contributed by atoms with E-state index in [1.54, 1.807) is 18.2 Å². The molecule has 134 valence electrons. The number of anilines is 1. The van der Waals surface area contributed by atoms with Crippen LogP contribution in [0.5, 0.6) is 11.5 Å². The predicted molar refractivity (Wildman–Crippen MR) is 96.1 cm³/mol. The molecule has 1 aliphatic heterocycles. The van der Waals surface area contributed by atoms with E-state index in [-0.39, 0.29) is 24.5 Å². The van der Waals surface area contributed by atoms with Crippen LogP contribution in [0.3, 0.4) is 0 Å². The van der Waals surface area contributed by atoms with E-state index in [4.69, 9.17) is 9.47 Å². The van der Waals surface area contributed by atoms with Gasteiger partial charge in [-0.2, -0.15) is 0 Å². The highest BCUT2D eigenvalue weighted by Gasteiger charge is 2.26. The average Bonchev–Trinajstić information content (AvgIpc) is 3.06. The molecule has 1 fully saturated rings. The summed E-state index contributed by atoms with van der Waals surface area (Å²) in [6.45, 7) is 0.583. The van der Waals surface area contributed by atoms with Gasteiger partial charge in [0.2, 0.25) is 12.7 Å². The SMILES string of the molecule is O=C(NCc1ccc2c(c1)OCO2)c1ccccc1NC(=O)C1CCC1. The smallest absolute Gasteiger partial charge is 0.253 e. The molecule has 0 aromatic heterocycles. The van der Waals surface area contributed by atoms with Gasteiger partial charge in [-0.25, -0.2) is 0 Å². The van der Waals surface area contributed by atoms with Crippen molar-refractivity contribution in [1.29, 1.82) is 0 Å². The summed E-state index contributed by atoms with van der Waals surface area (Å²) in [7, 11) is 0. The minimum absolute atomic E-state index is 0.00716. The number of nitrogens with one attached hydrogen (secondary N) is 2. The topological polar surface area (TPSA) is 76.7 Å². The van der Waals surface area contributed by atoms with Gasteiger partial charge in [0.05, 0.1) is 11.3 Å². The van der Waals surface area contributed by atoms with Gasteiger partial charge in [0, 0.05) is 12.5 Å². The van der Waals surface area contributed by atoms with E-state index in [1.807, 2.05) is 24.3 Å². The van der Waals surface area contributed by atoms with Crippen molar-refractivity contribution in [1.82, 2.24) is 5.32 Å². The number of carbonyl (C=O) groups excluding carboxylic acids is 2. The molecule has 6 nitrogen and oxygen atoms in total. The third-order valence-electron chi connectivity index (χ3n) is 4.80. The minimum atomic E-state index is -0.229. The van der Waals surface area contributed by atoms with Crippen LogP contribution in [0.15, 0.2) is 42.5 Å². The minimum Gasteiger partial charge on any atom is -0.454 e. The number of hydrogen-bond acceptors (Lipinski definition) is 4. The van der Waals surface area contributed by atoms with Crippen LogP contribution in [0.4, 0.5) is 5.69 Å². The molecule has 0 atom stereocenters. The molecule has 0 saturated heterocycles. The lowest BCUT2D eigenvalue weighted by Gasteiger charge is -2.24. The Morgan fingerprint density at radius 2 is 1.85 bits per heavy atom. The molecule has 1 aliphatic carbocycles. The Morgan fingerprint density at radius 3 is 2.65 bits per heavy atom. The fourth-order valence-electron chi connectivity index (χ4n) is 3.02.